The van der Waals surface area contributed by atoms with Crippen molar-refractivity contribution in [1.82, 2.24) is 9.88 Å². The fourth-order valence-corrected chi connectivity index (χ4v) is 4.87. The van der Waals surface area contributed by atoms with Gasteiger partial charge in [0.15, 0.2) is 5.13 Å². The molecule has 21 heavy (non-hydrogen) atoms. The number of fused-ring (bicyclic) bond motifs is 2. The Labute approximate surface area is 132 Å². The van der Waals surface area contributed by atoms with E-state index in [1.54, 1.807) is 11.3 Å². The van der Waals surface area contributed by atoms with Crippen molar-refractivity contribution in [3.8, 4) is 0 Å². The van der Waals surface area contributed by atoms with E-state index in [0.717, 1.165) is 19.1 Å². The molecular weight excluding hydrogens is 280 g/mol. The fraction of sp³-hybridized carbons (Fsp3) is 0.812. The molecule has 3 rings (SSSR count). The second-order valence-electron chi connectivity index (χ2n) is 7.51. The normalized spacial score (nSPS) is 27.2. The number of nitrogens with zero attached hydrogens (tertiary/aromatic N) is 3. The SMILES string of the molecule is CN1C2CCC1CN(c1nc(C(C)(C)C)c(CN)s1)CC2. The van der Waals surface area contributed by atoms with Gasteiger partial charge in [-0.25, -0.2) is 4.98 Å². The molecule has 0 radical (unpaired) electrons. The number of hydrogen-bond donors (Lipinski definition) is 1. The second-order valence-corrected chi connectivity index (χ2v) is 8.57. The molecule has 2 fully saturated rings. The molecular formula is C16H28N4S. The lowest BCUT2D eigenvalue weighted by atomic mass is 9.91. The van der Waals surface area contributed by atoms with E-state index < -0.39 is 0 Å². The molecule has 2 aliphatic rings. The van der Waals surface area contributed by atoms with Gasteiger partial charge in [-0.15, -0.1) is 11.3 Å². The Bertz CT molecular complexity index is 505. The average molecular weight is 308 g/mol. The molecule has 2 aliphatic heterocycles. The van der Waals surface area contributed by atoms with Crippen LogP contribution in [-0.2, 0) is 12.0 Å². The van der Waals surface area contributed by atoms with Crippen LogP contribution >= 0.6 is 11.3 Å². The average Bonchev–Trinajstić information content (AvgIpc) is 2.92. The molecule has 4 nitrogen and oxygen atoms in total. The molecule has 0 saturated carbocycles. The minimum absolute atomic E-state index is 0.0745. The van der Waals surface area contributed by atoms with Gasteiger partial charge in [-0.2, -0.15) is 0 Å². The van der Waals surface area contributed by atoms with Gasteiger partial charge in [0.05, 0.1) is 5.69 Å². The summed E-state index contributed by atoms with van der Waals surface area (Å²) in [6.07, 6.45) is 3.96. The minimum Gasteiger partial charge on any atom is -0.346 e. The van der Waals surface area contributed by atoms with Crippen LogP contribution in [0, 0.1) is 0 Å². The van der Waals surface area contributed by atoms with Gasteiger partial charge in [0, 0.05) is 42.0 Å². The van der Waals surface area contributed by atoms with Crippen molar-refractivity contribution >= 4 is 16.5 Å². The molecule has 1 aromatic rings. The zero-order valence-corrected chi connectivity index (χ0v) is 14.5. The van der Waals surface area contributed by atoms with Gasteiger partial charge in [0.2, 0.25) is 0 Å². The summed E-state index contributed by atoms with van der Waals surface area (Å²) in [4.78, 5) is 11.3. The number of nitrogens with two attached hydrogens (primary N) is 1. The number of hydrogen-bond acceptors (Lipinski definition) is 5. The fourth-order valence-electron chi connectivity index (χ4n) is 3.68. The maximum absolute atomic E-state index is 5.95. The van der Waals surface area contributed by atoms with Crippen LogP contribution in [0.2, 0.25) is 0 Å². The summed E-state index contributed by atoms with van der Waals surface area (Å²) in [5.41, 5.74) is 7.21. The van der Waals surface area contributed by atoms with E-state index >= 15 is 0 Å². The van der Waals surface area contributed by atoms with E-state index in [-0.39, 0.29) is 5.41 Å². The van der Waals surface area contributed by atoms with Crippen LogP contribution in [0.5, 0.6) is 0 Å². The molecule has 5 heteroatoms. The van der Waals surface area contributed by atoms with Crippen LogP contribution in [0.25, 0.3) is 0 Å². The quantitative estimate of drug-likeness (QED) is 0.912. The van der Waals surface area contributed by atoms with Crippen LogP contribution in [0.1, 0.15) is 50.6 Å². The first-order valence-corrected chi connectivity index (χ1v) is 8.89. The van der Waals surface area contributed by atoms with E-state index in [1.807, 2.05) is 0 Å². The lowest BCUT2D eigenvalue weighted by Crippen LogP contribution is -2.36. The number of anilines is 1. The third kappa shape index (κ3) is 2.83. The van der Waals surface area contributed by atoms with Crippen LogP contribution in [0.15, 0.2) is 0 Å². The zero-order chi connectivity index (χ0) is 15.2. The van der Waals surface area contributed by atoms with Gasteiger partial charge in [0.1, 0.15) is 0 Å². The number of likely N-dealkylation sites (N-methyl/N-ethyl adjacent to an activating group) is 1. The van der Waals surface area contributed by atoms with Gasteiger partial charge in [-0.1, -0.05) is 20.8 Å². The highest BCUT2D eigenvalue weighted by atomic mass is 32.1. The summed E-state index contributed by atoms with van der Waals surface area (Å²) in [5, 5.41) is 1.18. The van der Waals surface area contributed by atoms with E-state index in [0.29, 0.717) is 12.6 Å². The third-order valence-electron chi connectivity index (χ3n) is 5.00. The Kier molecular flexibility index (Phi) is 4.01. The van der Waals surface area contributed by atoms with Crippen molar-refractivity contribution in [2.24, 2.45) is 5.73 Å². The van der Waals surface area contributed by atoms with Crippen molar-refractivity contribution in [3.05, 3.63) is 10.6 Å². The van der Waals surface area contributed by atoms with Gasteiger partial charge in [-0.05, 0) is 26.3 Å². The summed E-state index contributed by atoms with van der Waals surface area (Å²) >= 11 is 1.80. The number of thiazole rings is 1. The van der Waals surface area contributed by atoms with E-state index in [9.17, 15) is 0 Å². The van der Waals surface area contributed by atoms with Crippen LogP contribution in [0.4, 0.5) is 5.13 Å². The van der Waals surface area contributed by atoms with Gasteiger partial charge in [0.25, 0.3) is 0 Å². The standard InChI is InChI=1S/C16H28N4S/c1-16(2,3)14-13(9-17)21-15(18-14)20-8-7-11-5-6-12(10-20)19(11)4/h11-12H,5-10,17H2,1-4H3. The monoisotopic (exact) mass is 308 g/mol. The van der Waals surface area contributed by atoms with Gasteiger partial charge >= 0.3 is 0 Å². The maximum Gasteiger partial charge on any atom is 0.185 e. The smallest absolute Gasteiger partial charge is 0.185 e. The number of rotatable bonds is 2. The minimum atomic E-state index is 0.0745. The zero-order valence-electron chi connectivity index (χ0n) is 13.7. The van der Waals surface area contributed by atoms with Gasteiger partial charge in [-0.3, -0.25) is 4.90 Å². The lowest BCUT2D eigenvalue weighted by molar-refractivity contribution is 0.254. The van der Waals surface area contributed by atoms with E-state index in [2.05, 4.69) is 37.6 Å². The van der Waals surface area contributed by atoms with E-state index in [4.69, 9.17) is 10.7 Å². The summed E-state index contributed by atoms with van der Waals surface area (Å²) in [6, 6.07) is 1.47. The van der Waals surface area contributed by atoms with Crippen LogP contribution in [-0.4, -0.2) is 42.1 Å². The van der Waals surface area contributed by atoms with Crippen molar-refractivity contribution in [1.29, 1.82) is 0 Å². The topological polar surface area (TPSA) is 45.4 Å². The van der Waals surface area contributed by atoms with Crippen molar-refractivity contribution in [2.75, 3.05) is 25.0 Å². The molecule has 118 valence electrons. The summed E-state index contributed by atoms with van der Waals surface area (Å²) in [7, 11) is 2.29. The maximum atomic E-state index is 5.95. The van der Waals surface area contributed by atoms with E-state index in [1.165, 1.54) is 35.0 Å². The Balaban J connectivity index is 1.86. The molecule has 0 spiro atoms. The lowest BCUT2D eigenvalue weighted by Gasteiger charge is -2.25. The number of aromatic nitrogens is 1. The summed E-state index contributed by atoms with van der Waals surface area (Å²) < 4.78 is 0. The predicted octanol–water partition coefficient (Wildman–Crippen LogP) is 2.57. The van der Waals surface area contributed by atoms with Gasteiger partial charge < -0.3 is 10.6 Å². The molecule has 2 bridgehead atoms. The Morgan fingerprint density at radius 3 is 2.57 bits per heavy atom. The molecule has 2 N–H and O–H groups in total. The molecule has 1 aromatic heterocycles. The van der Waals surface area contributed by atoms with Crippen molar-refractivity contribution in [3.63, 3.8) is 0 Å². The molecule has 3 heterocycles. The van der Waals surface area contributed by atoms with Crippen molar-refractivity contribution < 1.29 is 0 Å². The molecule has 0 amide bonds. The second kappa shape index (κ2) is 5.52. The van der Waals surface area contributed by atoms with Crippen molar-refractivity contribution in [2.45, 2.75) is 64.1 Å². The first-order chi connectivity index (χ1) is 9.90. The van der Waals surface area contributed by atoms with Crippen LogP contribution < -0.4 is 10.6 Å². The molecule has 0 aliphatic carbocycles. The summed E-state index contributed by atoms with van der Waals surface area (Å²) in [5.74, 6) is 0. The highest BCUT2D eigenvalue weighted by molar-refractivity contribution is 7.15. The third-order valence-corrected chi connectivity index (χ3v) is 6.14. The largest absolute Gasteiger partial charge is 0.346 e. The Morgan fingerprint density at radius 1 is 1.24 bits per heavy atom. The highest BCUT2D eigenvalue weighted by Crippen LogP contribution is 2.36. The van der Waals surface area contributed by atoms with Crippen LogP contribution in [0.3, 0.4) is 0 Å². The molecule has 0 aromatic carbocycles. The summed E-state index contributed by atoms with van der Waals surface area (Å²) in [6.45, 7) is 9.53. The molecule has 2 atom stereocenters. The Morgan fingerprint density at radius 2 is 1.95 bits per heavy atom. The molecule has 2 saturated heterocycles. The first-order valence-electron chi connectivity index (χ1n) is 8.07. The highest BCUT2D eigenvalue weighted by Gasteiger charge is 2.36. The first kappa shape index (κ1) is 15.3. The molecule has 2 unspecified atom stereocenters. The predicted molar refractivity (Wildman–Crippen MR) is 90.1 cm³/mol. The Hall–Kier alpha value is -0.650.